The van der Waals surface area contributed by atoms with E-state index in [1.807, 2.05) is 31.4 Å². The van der Waals surface area contributed by atoms with Crippen LogP contribution in [0.15, 0.2) is 41.5 Å². The van der Waals surface area contributed by atoms with Crippen LogP contribution in [0, 0.1) is 0 Å². The summed E-state index contributed by atoms with van der Waals surface area (Å²) in [7, 11) is 3.81. The van der Waals surface area contributed by atoms with Crippen molar-refractivity contribution in [3.63, 3.8) is 0 Å². The molecule has 22 heavy (non-hydrogen) atoms. The molecule has 1 aromatic heterocycles. The van der Waals surface area contributed by atoms with Gasteiger partial charge in [-0.3, -0.25) is 4.99 Å². The van der Waals surface area contributed by atoms with E-state index in [-0.39, 0.29) is 24.0 Å². The predicted octanol–water partition coefficient (Wildman–Crippen LogP) is 3.11. The second-order valence-electron chi connectivity index (χ2n) is 4.94. The number of halogens is 1. The van der Waals surface area contributed by atoms with Gasteiger partial charge in [-0.15, -0.1) is 24.0 Å². The number of aliphatic imine (C=N–C) groups is 1. The van der Waals surface area contributed by atoms with E-state index >= 15 is 0 Å². The van der Waals surface area contributed by atoms with E-state index in [0.717, 1.165) is 36.0 Å². The van der Waals surface area contributed by atoms with Gasteiger partial charge in [0.2, 0.25) is 0 Å². The molecule has 1 aromatic carbocycles. The molecule has 0 spiro atoms. The maximum absolute atomic E-state index is 4.45. The van der Waals surface area contributed by atoms with Crippen molar-refractivity contribution in [2.45, 2.75) is 19.9 Å². The van der Waals surface area contributed by atoms with Crippen LogP contribution < -0.4 is 5.32 Å². The van der Waals surface area contributed by atoms with Crippen LogP contribution in [0.1, 0.15) is 19.2 Å². The highest BCUT2D eigenvalue weighted by Gasteiger charge is 2.09. The Labute approximate surface area is 149 Å². The third kappa shape index (κ3) is 5.01. The van der Waals surface area contributed by atoms with Gasteiger partial charge in [-0.2, -0.15) is 0 Å². The number of aromatic nitrogens is 2. The molecule has 6 heteroatoms. The molecule has 120 valence electrons. The van der Waals surface area contributed by atoms with Crippen molar-refractivity contribution in [1.82, 2.24) is 20.2 Å². The number of nitrogens with one attached hydrogen (secondary N) is 2. The van der Waals surface area contributed by atoms with Crippen molar-refractivity contribution in [1.29, 1.82) is 0 Å². The molecular weight excluding hydrogens is 389 g/mol. The number of hydrogen-bond acceptors (Lipinski definition) is 2. The summed E-state index contributed by atoms with van der Waals surface area (Å²) in [5.41, 5.74) is 2.18. The van der Waals surface area contributed by atoms with Crippen LogP contribution in [-0.2, 0) is 6.54 Å². The summed E-state index contributed by atoms with van der Waals surface area (Å²) in [5, 5.41) is 3.31. The van der Waals surface area contributed by atoms with E-state index in [0.29, 0.717) is 6.54 Å². The van der Waals surface area contributed by atoms with Crippen LogP contribution in [0.4, 0.5) is 0 Å². The molecule has 0 fully saturated rings. The van der Waals surface area contributed by atoms with Crippen LogP contribution in [-0.4, -0.2) is 41.5 Å². The predicted molar refractivity (Wildman–Crippen MR) is 103 cm³/mol. The summed E-state index contributed by atoms with van der Waals surface area (Å²) in [6, 6.07) is 10.2. The van der Waals surface area contributed by atoms with Crippen molar-refractivity contribution in [2.24, 2.45) is 4.99 Å². The number of hydrogen-bond donors (Lipinski definition) is 2. The molecule has 0 aliphatic heterocycles. The second-order valence-corrected chi connectivity index (χ2v) is 4.94. The first-order valence-corrected chi connectivity index (χ1v) is 7.25. The summed E-state index contributed by atoms with van der Waals surface area (Å²) in [4.78, 5) is 14.1. The average molecular weight is 413 g/mol. The van der Waals surface area contributed by atoms with E-state index in [1.54, 1.807) is 7.05 Å². The Kier molecular flexibility index (Phi) is 7.94. The maximum atomic E-state index is 4.45. The molecule has 0 radical (unpaired) electrons. The summed E-state index contributed by atoms with van der Waals surface area (Å²) in [6.45, 7) is 3.75. The first-order valence-electron chi connectivity index (χ1n) is 7.25. The van der Waals surface area contributed by atoms with Gasteiger partial charge in [0.05, 0.1) is 18.4 Å². The lowest BCUT2D eigenvalue weighted by molar-refractivity contribution is 0.464. The molecular formula is C16H24IN5. The minimum Gasteiger partial charge on any atom is -0.356 e. The lowest BCUT2D eigenvalue weighted by Crippen LogP contribution is -2.38. The Morgan fingerprint density at radius 3 is 2.68 bits per heavy atom. The normalized spacial score (nSPS) is 11.0. The Hall–Kier alpha value is -1.57. The number of nitrogens with zero attached hydrogens (tertiary/aromatic N) is 3. The number of aromatic amines is 1. The zero-order chi connectivity index (χ0) is 15.1. The molecule has 0 atom stereocenters. The quantitative estimate of drug-likeness (QED) is 0.450. The van der Waals surface area contributed by atoms with E-state index in [4.69, 9.17) is 0 Å². The molecule has 2 rings (SSSR count). The van der Waals surface area contributed by atoms with Crippen LogP contribution in [0.2, 0.25) is 0 Å². The monoisotopic (exact) mass is 413 g/mol. The van der Waals surface area contributed by atoms with Crippen molar-refractivity contribution in [3.8, 4) is 11.3 Å². The molecule has 0 aliphatic rings. The van der Waals surface area contributed by atoms with Crippen LogP contribution >= 0.6 is 24.0 Å². The largest absolute Gasteiger partial charge is 0.356 e. The van der Waals surface area contributed by atoms with E-state index in [9.17, 15) is 0 Å². The third-order valence-corrected chi connectivity index (χ3v) is 3.21. The van der Waals surface area contributed by atoms with E-state index in [1.165, 1.54) is 0 Å². The molecule has 2 aromatic rings. The molecule has 0 unspecified atom stereocenters. The lowest BCUT2D eigenvalue weighted by Gasteiger charge is -2.20. The summed E-state index contributed by atoms with van der Waals surface area (Å²) >= 11 is 0. The third-order valence-electron chi connectivity index (χ3n) is 3.21. The van der Waals surface area contributed by atoms with Gasteiger partial charge in [0.1, 0.15) is 5.82 Å². The van der Waals surface area contributed by atoms with Crippen molar-refractivity contribution < 1.29 is 0 Å². The number of rotatable bonds is 5. The fourth-order valence-electron chi connectivity index (χ4n) is 2.13. The van der Waals surface area contributed by atoms with Gasteiger partial charge in [-0.1, -0.05) is 37.3 Å². The van der Waals surface area contributed by atoms with Gasteiger partial charge in [-0.05, 0) is 12.0 Å². The average Bonchev–Trinajstić information content (AvgIpc) is 2.97. The van der Waals surface area contributed by atoms with E-state index in [2.05, 4.69) is 44.2 Å². The Morgan fingerprint density at radius 2 is 2.05 bits per heavy atom. The molecule has 2 N–H and O–H groups in total. The van der Waals surface area contributed by atoms with Gasteiger partial charge in [0.15, 0.2) is 5.96 Å². The molecule has 0 bridgehead atoms. The van der Waals surface area contributed by atoms with Gasteiger partial charge >= 0.3 is 0 Å². The zero-order valence-corrected chi connectivity index (χ0v) is 15.7. The molecule has 0 aliphatic carbocycles. The topological polar surface area (TPSA) is 56.3 Å². The van der Waals surface area contributed by atoms with Gasteiger partial charge in [0, 0.05) is 20.6 Å². The zero-order valence-electron chi connectivity index (χ0n) is 13.3. The number of imidazole rings is 1. The molecule has 0 saturated carbocycles. The molecule has 5 nitrogen and oxygen atoms in total. The molecule has 1 heterocycles. The summed E-state index contributed by atoms with van der Waals surface area (Å²) < 4.78 is 0. The van der Waals surface area contributed by atoms with E-state index < -0.39 is 0 Å². The SMILES string of the molecule is CCCNC(=NC)N(C)Cc1ncc(-c2ccccc2)[nH]1.I. The lowest BCUT2D eigenvalue weighted by atomic mass is 10.2. The van der Waals surface area contributed by atoms with Crippen molar-refractivity contribution >= 4 is 29.9 Å². The van der Waals surface area contributed by atoms with Gasteiger partial charge in [0.25, 0.3) is 0 Å². The number of H-pyrrole nitrogens is 1. The molecule has 0 amide bonds. The van der Waals surface area contributed by atoms with Crippen molar-refractivity contribution in [3.05, 3.63) is 42.4 Å². The summed E-state index contributed by atoms with van der Waals surface area (Å²) in [5.74, 6) is 1.81. The maximum Gasteiger partial charge on any atom is 0.193 e. The van der Waals surface area contributed by atoms with Gasteiger partial charge in [-0.25, -0.2) is 4.98 Å². The fourth-order valence-corrected chi connectivity index (χ4v) is 2.13. The smallest absolute Gasteiger partial charge is 0.193 e. The minimum atomic E-state index is 0. The number of benzene rings is 1. The highest BCUT2D eigenvalue weighted by atomic mass is 127. The second kappa shape index (κ2) is 9.45. The van der Waals surface area contributed by atoms with Gasteiger partial charge < -0.3 is 15.2 Å². The van der Waals surface area contributed by atoms with Crippen LogP contribution in [0.5, 0.6) is 0 Å². The first kappa shape index (κ1) is 18.5. The first-order chi connectivity index (χ1) is 10.2. The highest BCUT2D eigenvalue weighted by Crippen LogP contribution is 2.16. The Bertz CT molecular complexity index is 579. The number of guanidine groups is 1. The van der Waals surface area contributed by atoms with Crippen LogP contribution in [0.25, 0.3) is 11.3 Å². The minimum absolute atomic E-state index is 0. The van der Waals surface area contributed by atoms with Crippen LogP contribution in [0.3, 0.4) is 0 Å². The summed E-state index contributed by atoms with van der Waals surface area (Å²) in [6.07, 6.45) is 2.95. The highest BCUT2D eigenvalue weighted by molar-refractivity contribution is 14.0. The molecule has 0 saturated heterocycles. The Morgan fingerprint density at radius 1 is 1.32 bits per heavy atom. The standard InChI is InChI=1S/C16H23N5.HI/c1-4-10-18-16(17-2)21(3)12-15-19-11-14(20-15)13-8-6-5-7-9-13;/h5-9,11H,4,10,12H2,1-3H3,(H,17,18)(H,19,20);1H. The Balaban J connectivity index is 0.00000242. The van der Waals surface area contributed by atoms with Crippen molar-refractivity contribution in [2.75, 3.05) is 20.6 Å². The fraction of sp³-hybridized carbons (Fsp3) is 0.375.